The van der Waals surface area contributed by atoms with E-state index in [9.17, 15) is 14.4 Å². The molecule has 0 bridgehead atoms. The Morgan fingerprint density at radius 3 is 2.37 bits per heavy atom. The van der Waals surface area contributed by atoms with Gasteiger partial charge in [-0.3, -0.25) is 14.4 Å². The topological polar surface area (TPSA) is 78.5 Å². The minimum Gasteiger partial charge on any atom is -0.326 e. The minimum atomic E-state index is -0.342. The molecule has 1 saturated heterocycles. The molecule has 1 fully saturated rings. The van der Waals surface area contributed by atoms with Crippen molar-refractivity contribution in [3.05, 3.63) is 59.7 Å². The first kappa shape index (κ1) is 19.1. The first-order chi connectivity index (χ1) is 12.6. The van der Waals surface area contributed by atoms with Crippen molar-refractivity contribution in [1.82, 2.24) is 5.32 Å². The van der Waals surface area contributed by atoms with Gasteiger partial charge < -0.3 is 10.6 Å². The van der Waals surface area contributed by atoms with Gasteiger partial charge in [0.15, 0.2) is 0 Å². The fraction of sp³-hybridized carbons (Fsp3) is 0.250. The third-order valence-corrected chi connectivity index (χ3v) is 4.83. The molecule has 0 radical (unpaired) electrons. The van der Waals surface area contributed by atoms with Crippen molar-refractivity contribution in [2.45, 2.75) is 12.8 Å². The van der Waals surface area contributed by atoms with Crippen molar-refractivity contribution in [3.63, 3.8) is 0 Å². The Morgan fingerprint density at radius 1 is 1.04 bits per heavy atom. The molecule has 27 heavy (non-hydrogen) atoms. The van der Waals surface area contributed by atoms with Crippen molar-refractivity contribution in [3.8, 4) is 0 Å². The molecule has 140 valence electrons. The maximum Gasteiger partial charge on any atom is 0.266 e. The van der Waals surface area contributed by atoms with Crippen LogP contribution in [0.15, 0.2) is 48.5 Å². The number of piperidine rings is 1. The third kappa shape index (κ3) is 3.59. The number of nitrogens with zero attached hydrogens (tertiary/aromatic N) is 1. The smallest absolute Gasteiger partial charge is 0.266 e. The highest BCUT2D eigenvalue weighted by Crippen LogP contribution is 2.30. The predicted octanol–water partition coefficient (Wildman–Crippen LogP) is 2.85. The molecule has 1 unspecified atom stereocenters. The van der Waals surface area contributed by atoms with Crippen LogP contribution in [0.3, 0.4) is 0 Å². The van der Waals surface area contributed by atoms with Crippen LogP contribution in [0.2, 0.25) is 0 Å². The van der Waals surface area contributed by atoms with Crippen LogP contribution in [0.25, 0.3) is 0 Å². The highest BCUT2D eigenvalue weighted by molar-refractivity contribution is 6.34. The van der Waals surface area contributed by atoms with Gasteiger partial charge in [0.25, 0.3) is 11.8 Å². The maximum atomic E-state index is 12.6. The first-order valence-corrected chi connectivity index (χ1v) is 8.74. The summed E-state index contributed by atoms with van der Waals surface area (Å²) in [7, 11) is 0. The number of hydrogen-bond donors (Lipinski definition) is 2. The summed E-state index contributed by atoms with van der Waals surface area (Å²) in [5, 5.41) is 6.12. The standard InChI is InChI=1S/C20H19N3O3.ClH/c24-18(13-5-4-10-21-12-13)22-14-6-3-7-15(11-14)23-19(25)16-8-1-2-9-17(16)20(23)26;/h1-3,6-9,11,13,21H,4-5,10,12H2,(H,22,24);1H. The number of carbonyl (C=O) groups excluding carboxylic acids is 3. The van der Waals surface area contributed by atoms with E-state index in [0.717, 1.165) is 24.3 Å². The van der Waals surface area contributed by atoms with Crippen LogP contribution in [-0.2, 0) is 4.79 Å². The fourth-order valence-electron chi connectivity index (χ4n) is 3.47. The van der Waals surface area contributed by atoms with Crippen LogP contribution in [0.5, 0.6) is 0 Å². The van der Waals surface area contributed by atoms with Crippen LogP contribution in [0.1, 0.15) is 33.6 Å². The Hall–Kier alpha value is -2.70. The second-order valence-electron chi connectivity index (χ2n) is 6.57. The zero-order valence-electron chi connectivity index (χ0n) is 14.6. The van der Waals surface area contributed by atoms with E-state index in [1.165, 1.54) is 0 Å². The van der Waals surface area contributed by atoms with Gasteiger partial charge in [-0.1, -0.05) is 18.2 Å². The van der Waals surface area contributed by atoms with E-state index >= 15 is 0 Å². The summed E-state index contributed by atoms with van der Waals surface area (Å²) in [6.45, 7) is 1.61. The van der Waals surface area contributed by atoms with E-state index in [-0.39, 0.29) is 36.0 Å². The van der Waals surface area contributed by atoms with E-state index in [4.69, 9.17) is 0 Å². The summed E-state index contributed by atoms with van der Waals surface area (Å²) in [5.74, 6) is -0.792. The Bertz CT molecular complexity index is 859. The fourth-order valence-corrected chi connectivity index (χ4v) is 3.47. The third-order valence-electron chi connectivity index (χ3n) is 4.83. The maximum absolute atomic E-state index is 12.6. The highest BCUT2D eigenvalue weighted by Gasteiger charge is 2.36. The zero-order chi connectivity index (χ0) is 18.1. The molecular formula is C20H20ClN3O3. The van der Waals surface area contributed by atoms with Gasteiger partial charge in [-0.05, 0) is 49.7 Å². The molecule has 6 nitrogen and oxygen atoms in total. The molecule has 0 aliphatic carbocycles. The van der Waals surface area contributed by atoms with Crippen molar-refractivity contribution in [1.29, 1.82) is 0 Å². The summed E-state index contributed by atoms with van der Waals surface area (Å²) in [6.07, 6.45) is 1.84. The summed E-state index contributed by atoms with van der Waals surface area (Å²) >= 11 is 0. The molecule has 4 rings (SSSR count). The van der Waals surface area contributed by atoms with Crippen LogP contribution in [0, 0.1) is 5.92 Å². The monoisotopic (exact) mass is 385 g/mol. The Morgan fingerprint density at radius 2 is 1.74 bits per heavy atom. The lowest BCUT2D eigenvalue weighted by Gasteiger charge is -2.22. The molecule has 3 amide bonds. The van der Waals surface area contributed by atoms with Gasteiger partial charge in [0.05, 0.1) is 22.7 Å². The van der Waals surface area contributed by atoms with Crippen molar-refractivity contribution in [2.24, 2.45) is 5.92 Å². The minimum absolute atomic E-state index is 0. The number of fused-ring (bicyclic) bond motifs is 1. The number of carbonyl (C=O) groups is 3. The zero-order valence-corrected chi connectivity index (χ0v) is 15.4. The van der Waals surface area contributed by atoms with Gasteiger partial charge in [0, 0.05) is 12.2 Å². The quantitative estimate of drug-likeness (QED) is 0.796. The molecule has 2 aromatic carbocycles. The number of hydrogen-bond acceptors (Lipinski definition) is 4. The molecule has 2 aliphatic heterocycles. The molecule has 0 spiro atoms. The molecule has 0 saturated carbocycles. The summed E-state index contributed by atoms with van der Waals surface area (Å²) in [4.78, 5) is 38.8. The Balaban J connectivity index is 0.00000210. The van der Waals surface area contributed by atoms with Crippen molar-refractivity contribution in [2.75, 3.05) is 23.3 Å². The van der Waals surface area contributed by atoms with Crippen LogP contribution in [-0.4, -0.2) is 30.8 Å². The normalized spacial score (nSPS) is 18.7. The number of halogens is 1. The number of amides is 3. The highest BCUT2D eigenvalue weighted by atomic mass is 35.5. The predicted molar refractivity (Wildman–Crippen MR) is 105 cm³/mol. The second kappa shape index (κ2) is 7.90. The molecular weight excluding hydrogens is 366 g/mol. The van der Waals surface area contributed by atoms with Crippen molar-refractivity contribution >= 4 is 41.5 Å². The summed E-state index contributed by atoms with van der Waals surface area (Å²) < 4.78 is 0. The second-order valence-corrected chi connectivity index (χ2v) is 6.57. The molecule has 7 heteroatoms. The van der Waals surface area contributed by atoms with Gasteiger partial charge >= 0.3 is 0 Å². The van der Waals surface area contributed by atoms with Gasteiger partial charge in [-0.25, -0.2) is 4.90 Å². The summed E-state index contributed by atoms with van der Waals surface area (Å²) in [6, 6.07) is 13.6. The van der Waals surface area contributed by atoms with Gasteiger partial charge in [-0.15, -0.1) is 12.4 Å². The van der Waals surface area contributed by atoms with E-state index < -0.39 is 0 Å². The number of rotatable bonds is 3. The largest absolute Gasteiger partial charge is 0.326 e. The molecule has 2 aromatic rings. The molecule has 1 atom stereocenters. The van der Waals surface area contributed by atoms with Crippen LogP contribution >= 0.6 is 12.4 Å². The first-order valence-electron chi connectivity index (χ1n) is 8.74. The van der Waals surface area contributed by atoms with E-state index in [0.29, 0.717) is 29.0 Å². The van der Waals surface area contributed by atoms with Crippen LogP contribution < -0.4 is 15.5 Å². The number of anilines is 2. The number of nitrogens with one attached hydrogen (secondary N) is 2. The van der Waals surface area contributed by atoms with E-state index in [2.05, 4.69) is 10.6 Å². The number of imide groups is 1. The van der Waals surface area contributed by atoms with Crippen molar-refractivity contribution < 1.29 is 14.4 Å². The Labute approximate surface area is 163 Å². The number of benzene rings is 2. The molecule has 2 aliphatic rings. The van der Waals surface area contributed by atoms with Crippen LogP contribution in [0.4, 0.5) is 11.4 Å². The molecule has 0 aromatic heterocycles. The molecule has 2 N–H and O–H groups in total. The summed E-state index contributed by atoms with van der Waals surface area (Å²) in [5.41, 5.74) is 1.84. The van der Waals surface area contributed by atoms with E-state index in [1.807, 2.05) is 0 Å². The van der Waals surface area contributed by atoms with Gasteiger partial charge in [-0.2, -0.15) is 0 Å². The lowest BCUT2D eigenvalue weighted by molar-refractivity contribution is -0.120. The SMILES string of the molecule is Cl.O=C(Nc1cccc(N2C(=O)c3ccccc3C2=O)c1)C1CCCNC1. The van der Waals surface area contributed by atoms with Gasteiger partial charge in [0.2, 0.25) is 5.91 Å². The average molecular weight is 386 g/mol. The average Bonchev–Trinajstić information content (AvgIpc) is 2.94. The lowest BCUT2D eigenvalue weighted by Crippen LogP contribution is -2.37. The lowest BCUT2D eigenvalue weighted by atomic mass is 9.99. The van der Waals surface area contributed by atoms with Gasteiger partial charge in [0.1, 0.15) is 0 Å². The van der Waals surface area contributed by atoms with E-state index in [1.54, 1.807) is 48.5 Å². The Kier molecular flexibility index (Phi) is 5.58. The molecule has 2 heterocycles.